The molecule has 2 rings (SSSR count). The fourth-order valence-electron chi connectivity index (χ4n) is 1.91. The molecular weight excluding hydrogens is 238 g/mol. The predicted molar refractivity (Wildman–Crippen MR) is 78.1 cm³/mol. The highest BCUT2D eigenvalue weighted by Crippen LogP contribution is 2.20. The molecule has 1 heterocycles. The second-order valence-electron chi connectivity index (χ2n) is 4.81. The monoisotopic (exact) mass is 259 g/mol. The smallest absolute Gasteiger partial charge is 0.207 e. The molecule has 0 saturated carbocycles. The summed E-state index contributed by atoms with van der Waals surface area (Å²) in [6.07, 6.45) is 2.24. The SMILES string of the molecule is CCn1cc(C)nc1Nc1ccc(OC(C)C)cc1. The van der Waals surface area contributed by atoms with Crippen molar-refractivity contribution < 1.29 is 4.74 Å². The molecule has 0 bridgehead atoms. The number of hydrogen-bond acceptors (Lipinski definition) is 3. The molecule has 0 fully saturated rings. The molecule has 0 saturated heterocycles. The summed E-state index contributed by atoms with van der Waals surface area (Å²) in [5, 5.41) is 3.32. The third-order valence-electron chi connectivity index (χ3n) is 2.72. The zero-order valence-corrected chi connectivity index (χ0v) is 12.0. The van der Waals surface area contributed by atoms with Gasteiger partial charge in [-0.2, -0.15) is 0 Å². The van der Waals surface area contributed by atoms with Crippen LogP contribution in [0.5, 0.6) is 5.75 Å². The topological polar surface area (TPSA) is 39.1 Å². The van der Waals surface area contributed by atoms with E-state index in [0.717, 1.165) is 29.6 Å². The van der Waals surface area contributed by atoms with Crippen LogP contribution >= 0.6 is 0 Å². The molecule has 2 aromatic rings. The van der Waals surface area contributed by atoms with Gasteiger partial charge < -0.3 is 14.6 Å². The first-order valence-corrected chi connectivity index (χ1v) is 6.66. The minimum absolute atomic E-state index is 0.195. The zero-order chi connectivity index (χ0) is 13.8. The van der Waals surface area contributed by atoms with E-state index in [9.17, 15) is 0 Å². The Morgan fingerprint density at radius 1 is 1.26 bits per heavy atom. The summed E-state index contributed by atoms with van der Waals surface area (Å²) in [4.78, 5) is 4.47. The normalized spacial score (nSPS) is 10.8. The summed E-state index contributed by atoms with van der Waals surface area (Å²) in [5.41, 5.74) is 2.03. The van der Waals surface area contributed by atoms with Gasteiger partial charge in [0.1, 0.15) is 5.75 Å². The standard InChI is InChI=1S/C15H21N3O/c1-5-18-10-12(4)16-15(18)17-13-6-8-14(9-7-13)19-11(2)3/h6-11H,5H2,1-4H3,(H,16,17). The molecule has 19 heavy (non-hydrogen) atoms. The van der Waals surface area contributed by atoms with Crippen molar-refractivity contribution in [2.45, 2.75) is 40.3 Å². The van der Waals surface area contributed by atoms with Gasteiger partial charge in [-0.1, -0.05) is 0 Å². The van der Waals surface area contributed by atoms with E-state index in [-0.39, 0.29) is 6.10 Å². The molecule has 0 aliphatic carbocycles. The van der Waals surface area contributed by atoms with E-state index in [1.165, 1.54) is 0 Å². The average Bonchev–Trinajstić information content (AvgIpc) is 2.71. The summed E-state index contributed by atoms with van der Waals surface area (Å²) in [7, 11) is 0. The van der Waals surface area contributed by atoms with Crippen LogP contribution in [0.4, 0.5) is 11.6 Å². The van der Waals surface area contributed by atoms with Crippen LogP contribution in [-0.2, 0) is 6.54 Å². The highest BCUT2D eigenvalue weighted by Gasteiger charge is 2.04. The number of aromatic nitrogens is 2. The molecule has 0 atom stereocenters. The number of benzene rings is 1. The third kappa shape index (κ3) is 3.50. The Bertz CT molecular complexity index is 529. The minimum Gasteiger partial charge on any atom is -0.491 e. The molecule has 102 valence electrons. The highest BCUT2D eigenvalue weighted by atomic mass is 16.5. The van der Waals surface area contributed by atoms with Gasteiger partial charge in [-0.15, -0.1) is 0 Å². The maximum Gasteiger partial charge on any atom is 0.207 e. The lowest BCUT2D eigenvalue weighted by Gasteiger charge is -2.11. The largest absolute Gasteiger partial charge is 0.491 e. The Kier molecular flexibility index (Phi) is 4.10. The van der Waals surface area contributed by atoms with Crippen molar-refractivity contribution in [3.63, 3.8) is 0 Å². The fraction of sp³-hybridized carbons (Fsp3) is 0.400. The van der Waals surface area contributed by atoms with Gasteiger partial charge in [-0.25, -0.2) is 4.98 Å². The molecule has 1 N–H and O–H groups in total. The lowest BCUT2D eigenvalue weighted by molar-refractivity contribution is 0.242. The summed E-state index contributed by atoms with van der Waals surface area (Å²) in [5.74, 6) is 1.76. The Hall–Kier alpha value is -1.97. The van der Waals surface area contributed by atoms with Gasteiger partial charge >= 0.3 is 0 Å². The lowest BCUT2D eigenvalue weighted by atomic mass is 10.3. The first-order chi connectivity index (χ1) is 9.08. The first-order valence-electron chi connectivity index (χ1n) is 6.66. The molecule has 0 unspecified atom stereocenters. The second-order valence-corrected chi connectivity index (χ2v) is 4.81. The second kappa shape index (κ2) is 5.78. The molecule has 0 radical (unpaired) electrons. The molecule has 4 nitrogen and oxygen atoms in total. The number of nitrogens with one attached hydrogen (secondary N) is 1. The minimum atomic E-state index is 0.195. The molecular formula is C15H21N3O. The van der Waals surface area contributed by atoms with E-state index in [2.05, 4.69) is 21.8 Å². The van der Waals surface area contributed by atoms with Gasteiger partial charge in [0.2, 0.25) is 5.95 Å². The average molecular weight is 259 g/mol. The third-order valence-corrected chi connectivity index (χ3v) is 2.72. The number of imidazole rings is 1. The van der Waals surface area contributed by atoms with E-state index < -0.39 is 0 Å². The maximum absolute atomic E-state index is 5.62. The van der Waals surface area contributed by atoms with E-state index in [1.807, 2.05) is 51.2 Å². The van der Waals surface area contributed by atoms with Crippen LogP contribution in [-0.4, -0.2) is 15.7 Å². The fourth-order valence-corrected chi connectivity index (χ4v) is 1.91. The Balaban J connectivity index is 2.10. The molecule has 1 aromatic heterocycles. The van der Waals surface area contributed by atoms with Crippen LogP contribution in [0.1, 0.15) is 26.5 Å². The van der Waals surface area contributed by atoms with Gasteiger partial charge in [0.15, 0.2) is 0 Å². The lowest BCUT2D eigenvalue weighted by Crippen LogP contribution is -2.05. The summed E-state index contributed by atoms with van der Waals surface area (Å²) < 4.78 is 7.71. The Morgan fingerprint density at radius 2 is 1.95 bits per heavy atom. The summed E-state index contributed by atoms with van der Waals surface area (Å²) in [6, 6.07) is 7.94. The van der Waals surface area contributed by atoms with Crippen molar-refractivity contribution in [2.75, 3.05) is 5.32 Å². The van der Waals surface area contributed by atoms with Crippen LogP contribution in [0.2, 0.25) is 0 Å². The molecule has 0 aliphatic heterocycles. The van der Waals surface area contributed by atoms with Crippen molar-refractivity contribution >= 4 is 11.6 Å². The molecule has 1 aromatic carbocycles. The van der Waals surface area contributed by atoms with Crippen LogP contribution in [0, 0.1) is 6.92 Å². The van der Waals surface area contributed by atoms with E-state index in [4.69, 9.17) is 4.74 Å². The quantitative estimate of drug-likeness (QED) is 0.889. The maximum atomic E-state index is 5.62. The summed E-state index contributed by atoms with van der Waals surface area (Å²) in [6.45, 7) is 9.04. The van der Waals surface area contributed by atoms with Crippen LogP contribution in [0.15, 0.2) is 30.5 Å². The van der Waals surface area contributed by atoms with Gasteiger partial charge in [0, 0.05) is 18.4 Å². The van der Waals surface area contributed by atoms with E-state index >= 15 is 0 Å². The van der Waals surface area contributed by atoms with Crippen molar-refractivity contribution in [3.8, 4) is 5.75 Å². The number of aryl methyl sites for hydroxylation is 2. The number of ether oxygens (including phenoxy) is 1. The van der Waals surface area contributed by atoms with Gasteiger partial charge in [-0.3, -0.25) is 0 Å². The van der Waals surface area contributed by atoms with Gasteiger partial charge in [-0.05, 0) is 52.0 Å². The van der Waals surface area contributed by atoms with Gasteiger partial charge in [0.05, 0.1) is 11.8 Å². The number of anilines is 2. The van der Waals surface area contributed by atoms with Crippen molar-refractivity contribution in [1.29, 1.82) is 0 Å². The first kappa shape index (κ1) is 13.5. The summed E-state index contributed by atoms with van der Waals surface area (Å²) >= 11 is 0. The van der Waals surface area contributed by atoms with Crippen molar-refractivity contribution in [2.24, 2.45) is 0 Å². The number of nitrogens with zero attached hydrogens (tertiary/aromatic N) is 2. The molecule has 4 heteroatoms. The number of hydrogen-bond donors (Lipinski definition) is 1. The molecule has 0 spiro atoms. The van der Waals surface area contributed by atoms with Crippen LogP contribution in [0.3, 0.4) is 0 Å². The molecule has 0 amide bonds. The number of rotatable bonds is 5. The van der Waals surface area contributed by atoms with E-state index in [0.29, 0.717) is 0 Å². The Morgan fingerprint density at radius 3 is 2.53 bits per heavy atom. The van der Waals surface area contributed by atoms with Crippen molar-refractivity contribution in [3.05, 3.63) is 36.2 Å². The van der Waals surface area contributed by atoms with Crippen molar-refractivity contribution in [1.82, 2.24) is 9.55 Å². The predicted octanol–water partition coefficient (Wildman–Crippen LogP) is 3.74. The highest BCUT2D eigenvalue weighted by molar-refractivity contribution is 5.55. The zero-order valence-electron chi connectivity index (χ0n) is 12.0. The van der Waals surface area contributed by atoms with Crippen LogP contribution < -0.4 is 10.1 Å². The van der Waals surface area contributed by atoms with Crippen LogP contribution in [0.25, 0.3) is 0 Å². The molecule has 0 aliphatic rings. The van der Waals surface area contributed by atoms with Gasteiger partial charge in [0.25, 0.3) is 0 Å². The van der Waals surface area contributed by atoms with E-state index in [1.54, 1.807) is 0 Å². The Labute approximate surface area is 114 Å².